The van der Waals surface area contributed by atoms with E-state index >= 15 is 0 Å². The van der Waals surface area contributed by atoms with Crippen LogP contribution in [0.5, 0.6) is 11.5 Å². The fraction of sp³-hybridized carbons (Fsp3) is 0.467. The molecule has 0 amide bonds. The number of benzene rings is 1. The number of nitrogens with zero attached hydrogens (tertiary/aromatic N) is 2. The second-order valence-corrected chi connectivity index (χ2v) is 6.13. The molecule has 23 heavy (non-hydrogen) atoms. The normalized spacial score (nSPS) is 10.6. The number of aromatic nitrogens is 3. The molecule has 2 N–H and O–H groups in total. The lowest BCUT2D eigenvalue weighted by molar-refractivity contribution is 0.310. The Balaban J connectivity index is 2.21. The molecule has 0 aliphatic heterocycles. The average molecular weight is 401 g/mol. The van der Waals surface area contributed by atoms with Crippen molar-refractivity contribution in [3.8, 4) is 11.5 Å². The van der Waals surface area contributed by atoms with Gasteiger partial charge in [0.15, 0.2) is 17.3 Å². The van der Waals surface area contributed by atoms with E-state index in [4.69, 9.17) is 21.7 Å². The summed E-state index contributed by atoms with van der Waals surface area (Å²) in [5.74, 6) is 2.32. The van der Waals surface area contributed by atoms with Crippen molar-refractivity contribution in [3.05, 3.63) is 32.8 Å². The SMILES string of the molecule is CCCc1n[nH]c(=S)n1NCc1cc(OC)c(OCC)cc1Br. The van der Waals surface area contributed by atoms with Gasteiger partial charge in [-0.1, -0.05) is 22.9 Å². The van der Waals surface area contributed by atoms with E-state index in [0.29, 0.717) is 23.7 Å². The third kappa shape index (κ3) is 4.26. The molecule has 1 aromatic carbocycles. The van der Waals surface area contributed by atoms with Gasteiger partial charge in [-0.15, -0.1) is 0 Å². The van der Waals surface area contributed by atoms with Crippen LogP contribution in [0.3, 0.4) is 0 Å². The Morgan fingerprint density at radius 2 is 2.13 bits per heavy atom. The topological polar surface area (TPSA) is 64.1 Å². The molecule has 0 unspecified atom stereocenters. The van der Waals surface area contributed by atoms with Gasteiger partial charge in [0, 0.05) is 10.9 Å². The van der Waals surface area contributed by atoms with Crippen LogP contribution in [0.4, 0.5) is 0 Å². The molecule has 2 rings (SSSR count). The lowest BCUT2D eigenvalue weighted by atomic mass is 10.2. The van der Waals surface area contributed by atoms with E-state index in [1.54, 1.807) is 7.11 Å². The monoisotopic (exact) mass is 400 g/mol. The van der Waals surface area contributed by atoms with Crippen LogP contribution in [0.15, 0.2) is 16.6 Å². The van der Waals surface area contributed by atoms with Gasteiger partial charge in [-0.05, 0) is 43.3 Å². The minimum Gasteiger partial charge on any atom is -0.493 e. The summed E-state index contributed by atoms with van der Waals surface area (Å²) in [6.45, 7) is 5.22. The molecule has 0 spiro atoms. The smallest absolute Gasteiger partial charge is 0.214 e. The first-order chi connectivity index (χ1) is 11.1. The predicted octanol–water partition coefficient (Wildman–Crippen LogP) is 3.81. The van der Waals surface area contributed by atoms with E-state index in [1.165, 1.54) is 0 Å². The summed E-state index contributed by atoms with van der Waals surface area (Å²) >= 11 is 8.84. The summed E-state index contributed by atoms with van der Waals surface area (Å²) in [6, 6.07) is 3.87. The van der Waals surface area contributed by atoms with E-state index in [9.17, 15) is 0 Å². The molecule has 0 radical (unpaired) electrons. The standard InChI is InChI=1S/C15H21BrN4O2S/c1-4-6-14-18-19-15(23)20(14)17-9-10-7-12(21-3)13(22-5-2)8-11(10)16/h7-8,17H,4-6,9H2,1-3H3,(H,19,23). The van der Waals surface area contributed by atoms with Crippen molar-refractivity contribution in [1.82, 2.24) is 14.9 Å². The second-order valence-electron chi connectivity index (χ2n) is 4.89. The van der Waals surface area contributed by atoms with Crippen molar-refractivity contribution < 1.29 is 9.47 Å². The number of methoxy groups -OCH3 is 1. The van der Waals surface area contributed by atoms with Crippen molar-refractivity contribution >= 4 is 28.1 Å². The van der Waals surface area contributed by atoms with Crippen LogP contribution >= 0.6 is 28.1 Å². The van der Waals surface area contributed by atoms with Crippen LogP contribution in [0.1, 0.15) is 31.7 Å². The highest BCUT2D eigenvalue weighted by Crippen LogP contribution is 2.33. The van der Waals surface area contributed by atoms with E-state index in [1.807, 2.05) is 23.7 Å². The van der Waals surface area contributed by atoms with Crippen LogP contribution in [-0.2, 0) is 13.0 Å². The number of halogens is 1. The zero-order valence-corrected chi connectivity index (χ0v) is 15.9. The molecule has 126 valence electrons. The van der Waals surface area contributed by atoms with Gasteiger partial charge in [0.25, 0.3) is 0 Å². The van der Waals surface area contributed by atoms with Crippen molar-refractivity contribution in [2.75, 3.05) is 19.1 Å². The molecule has 0 aliphatic carbocycles. The van der Waals surface area contributed by atoms with E-state index in [0.717, 1.165) is 34.5 Å². The molecule has 0 fully saturated rings. The Morgan fingerprint density at radius 1 is 1.35 bits per heavy atom. The number of aryl methyl sites for hydroxylation is 1. The molecule has 6 nitrogen and oxygen atoms in total. The summed E-state index contributed by atoms with van der Waals surface area (Å²) in [5.41, 5.74) is 4.34. The Morgan fingerprint density at radius 3 is 2.78 bits per heavy atom. The number of ether oxygens (including phenoxy) is 2. The minimum absolute atomic E-state index is 0.558. The highest BCUT2D eigenvalue weighted by molar-refractivity contribution is 9.10. The summed E-state index contributed by atoms with van der Waals surface area (Å²) < 4.78 is 14.3. The summed E-state index contributed by atoms with van der Waals surface area (Å²) in [5, 5.41) is 7.06. The minimum atomic E-state index is 0.558. The van der Waals surface area contributed by atoms with Gasteiger partial charge in [0.1, 0.15) is 0 Å². The average Bonchev–Trinajstić information content (AvgIpc) is 2.88. The van der Waals surface area contributed by atoms with Gasteiger partial charge >= 0.3 is 0 Å². The highest BCUT2D eigenvalue weighted by Gasteiger charge is 2.11. The fourth-order valence-electron chi connectivity index (χ4n) is 2.19. The van der Waals surface area contributed by atoms with Crippen LogP contribution in [0.25, 0.3) is 0 Å². The molecule has 1 aromatic heterocycles. The van der Waals surface area contributed by atoms with Gasteiger partial charge in [-0.3, -0.25) is 5.10 Å². The molecule has 0 saturated carbocycles. The quantitative estimate of drug-likeness (QED) is 0.659. The molecule has 8 heteroatoms. The Hall–Kier alpha value is -1.54. The number of rotatable bonds is 8. The van der Waals surface area contributed by atoms with Crippen molar-refractivity contribution in [2.45, 2.75) is 33.2 Å². The summed E-state index contributed by atoms with van der Waals surface area (Å²) in [6.07, 6.45) is 1.86. The molecule has 2 aromatic rings. The van der Waals surface area contributed by atoms with Gasteiger partial charge in [0.05, 0.1) is 20.3 Å². The number of hydrogen-bond acceptors (Lipinski definition) is 5. The maximum atomic E-state index is 5.57. The lowest BCUT2D eigenvalue weighted by Crippen LogP contribution is -2.18. The maximum Gasteiger partial charge on any atom is 0.214 e. The molecule has 0 bridgehead atoms. The van der Waals surface area contributed by atoms with Crippen LogP contribution in [-0.4, -0.2) is 28.6 Å². The molecule has 0 saturated heterocycles. The first-order valence-electron chi connectivity index (χ1n) is 7.50. The Kier molecular flexibility index (Phi) is 6.47. The lowest BCUT2D eigenvalue weighted by Gasteiger charge is -2.15. The fourth-order valence-corrected chi connectivity index (χ4v) is 2.87. The number of aromatic amines is 1. The van der Waals surface area contributed by atoms with Crippen LogP contribution in [0.2, 0.25) is 0 Å². The van der Waals surface area contributed by atoms with Crippen molar-refractivity contribution in [1.29, 1.82) is 0 Å². The zero-order valence-electron chi connectivity index (χ0n) is 13.5. The van der Waals surface area contributed by atoms with Gasteiger partial charge < -0.3 is 14.9 Å². The van der Waals surface area contributed by atoms with Crippen LogP contribution < -0.4 is 14.9 Å². The highest BCUT2D eigenvalue weighted by atomic mass is 79.9. The van der Waals surface area contributed by atoms with Crippen molar-refractivity contribution in [2.24, 2.45) is 0 Å². The van der Waals surface area contributed by atoms with E-state index in [-0.39, 0.29) is 0 Å². The first kappa shape index (κ1) is 17.8. The molecule has 0 aliphatic rings. The maximum absolute atomic E-state index is 5.57. The van der Waals surface area contributed by atoms with E-state index < -0.39 is 0 Å². The Labute approximate surface area is 149 Å². The second kappa shape index (κ2) is 8.35. The number of H-pyrrole nitrogens is 1. The first-order valence-corrected chi connectivity index (χ1v) is 8.70. The molecular formula is C15H21BrN4O2S. The van der Waals surface area contributed by atoms with Gasteiger partial charge in [0.2, 0.25) is 4.77 Å². The molecular weight excluding hydrogens is 380 g/mol. The largest absolute Gasteiger partial charge is 0.493 e. The third-order valence-electron chi connectivity index (χ3n) is 3.28. The van der Waals surface area contributed by atoms with Crippen molar-refractivity contribution in [3.63, 3.8) is 0 Å². The summed E-state index contributed by atoms with van der Waals surface area (Å²) in [4.78, 5) is 0. The third-order valence-corrected chi connectivity index (χ3v) is 4.29. The summed E-state index contributed by atoms with van der Waals surface area (Å²) in [7, 11) is 1.63. The molecule has 1 heterocycles. The number of nitrogens with one attached hydrogen (secondary N) is 2. The van der Waals surface area contributed by atoms with Gasteiger partial charge in [-0.25, -0.2) is 4.68 Å². The predicted molar refractivity (Wildman–Crippen MR) is 96.3 cm³/mol. The Bertz CT molecular complexity index is 714. The van der Waals surface area contributed by atoms with Crippen LogP contribution in [0, 0.1) is 4.77 Å². The van der Waals surface area contributed by atoms with E-state index in [2.05, 4.69) is 38.5 Å². The zero-order chi connectivity index (χ0) is 16.8. The number of hydrogen-bond donors (Lipinski definition) is 2. The van der Waals surface area contributed by atoms with Gasteiger partial charge in [-0.2, -0.15) is 5.10 Å². The molecule has 0 atom stereocenters.